The van der Waals surface area contributed by atoms with Crippen LogP contribution in [0.1, 0.15) is 11.3 Å². The van der Waals surface area contributed by atoms with Gasteiger partial charge in [-0.3, -0.25) is 10.1 Å². The second-order valence-corrected chi connectivity index (χ2v) is 5.74. The van der Waals surface area contributed by atoms with E-state index in [-0.39, 0.29) is 40.1 Å². The number of methoxy groups -OCH3 is 2. The molecule has 0 radical (unpaired) electrons. The maximum atomic E-state index is 12.0. The summed E-state index contributed by atoms with van der Waals surface area (Å²) < 4.78 is 21.0. The van der Waals surface area contributed by atoms with Gasteiger partial charge in [0, 0.05) is 0 Å². The fourth-order valence-electron chi connectivity index (χ4n) is 2.25. The van der Waals surface area contributed by atoms with E-state index in [0.29, 0.717) is 4.67 Å². The lowest BCUT2D eigenvalue weighted by Gasteiger charge is -2.08. The van der Waals surface area contributed by atoms with Crippen molar-refractivity contribution in [2.45, 2.75) is 0 Å². The van der Waals surface area contributed by atoms with Gasteiger partial charge in [-0.25, -0.2) is 9.79 Å². The van der Waals surface area contributed by atoms with Gasteiger partial charge >= 0.3 is 5.97 Å². The third kappa shape index (κ3) is 3.31. The standard InChI is InChI=1S/C16H11BrN2O7/c1-23-12-6-8(10(19(21)22)7-13(12)24-2)5-9-16(20)26-15(18-9)11-3-4-14(17)25-11/h3-7H,1-2H3/b9-5-. The van der Waals surface area contributed by atoms with Crippen LogP contribution in [0.2, 0.25) is 0 Å². The van der Waals surface area contributed by atoms with Gasteiger partial charge < -0.3 is 18.6 Å². The number of cyclic esters (lactones) is 1. The Labute approximate surface area is 155 Å². The van der Waals surface area contributed by atoms with E-state index in [1.165, 1.54) is 32.4 Å². The molecule has 10 heteroatoms. The van der Waals surface area contributed by atoms with E-state index in [9.17, 15) is 14.9 Å². The highest BCUT2D eigenvalue weighted by Gasteiger charge is 2.28. The molecular weight excluding hydrogens is 412 g/mol. The first-order valence-corrected chi connectivity index (χ1v) is 7.91. The summed E-state index contributed by atoms with van der Waals surface area (Å²) in [5, 5.41) is 11.3. The molecule has 0 bridgehead atoms. The second-order valence-electron chi connectivity index (χ2n) is 4.96. The second kappa shape index (κ2) is 7.00. The van der Waals surface area contributed by atoms with Crippen LogP contribution in [0.5, 0.6) is 11.5 Å². The van der Waals surface area contributed by atoms with E-state index in [1.54, 1.807) is 12.1 Å². The van der Waals surface area contributed by atoms with Crippen molar-refractivity contribution in [1.29, 1.82) is 0 Å². The minimum absolute atomic E-state index is 0.0323. The number of furan rings is 1. The summed E-state index contributed by atoms with van der Waals surface area (Å²) in [6.45, 7) is 0. The zero-order valence-corrected chi connectivity index (χ0v) is 15.1. The highest BCUT2D eigenvalue weighted by Crippen LogP contribution is 2.36. The number of benzene rings is 1. The van der Waals surface area contributed by atoms with Gasteiger partial charge in [-0.1, -0.05) is 0 Å². The molecule has 0 atom stereocenters. The van der Waals surface area contributed by atoms with E-state index in [2.05, 4.69) is 20.9 Å². The Balaban J connectivity index is 2.07. The number of esters is 1. The van der Waals surface area contributed by atoms with Crippen LogP contribution in [0.4, 0.5) is 5.69 Å². The van der Waals surface area contributed by atoms with E-state index < -0.39 is 10.9 Å². The number of aliphatic imine (C=N–C) groups is 1. The summed E-state index contributed by atoms with van der Waals surface area (Å²) in [7, 11) is 2.77. The Morgan fingerprint density at radius 2 is 1.92 bits per heavy atom. The van der Waals surface area contributed by atoms with Gasteiger partial charge in [0.2, 0.25) is 0 Å². The average Bonchev–Trinajstić information content (AvgIpc) is 3.20. The van der Waals surface area contributed by atoms with Crippen molar-refractivity contribution in [3.63, 3.8) is 0 Å². The van der Waals surface area contributed by atoms with Gasteiger partial charge in [0.05, 0.1) is 30.8 Å². The zero-order chi connectivity index (χ0) is 18.8. The molecule has 1 aromatic heterocycles. The molecule has 1 aliphatic rings. The Morgan fingerprint density at radius 3 is 2.50 bits per heavy atom. The molecule has 3 rings (SSSR count). The van der Waals surface area contributed by atoms with Crippen molar-refractivity contribution in [1.82, 2.24) is 0 Å². The predicted molar refractivity (Wildman–Crippen MR) is 93.2 cm³/mol. The van der Waals surface area contributed by atoms with Crippen LogP contribution in [-0.4, -0.2) is 31.0 Å². The molecular formula is C16H11BrN2O7. The number of nitro groups is 1. The number of rotatable bonds is 5. The quantitative estimate of drug-likeness (QED) is 0.314. The lowest BCUT2D eigenvalue weighted by molar-refractivity contribution is -0.385. The Hall–Kier alpha value is -3.14. The van der Waals surface area contributed by atoms with Crippen LogP contribution in [0, 0.1) is 10.1 Å². The largest absolute Gasteiger partial charge is 0.493 e. The number of hydrogen-bond donors (Lipinski definition) is 0. The number of carbonyl (C=O) groups excluding carboxylic acids is 1. The molecule has 0 amide bonds. The maximum absolute atomic E-state index is 12.0. The lowest BCUT2D eigenvalue weighted by Crippen LogP contribution is -2.04. The number of ether oxygens (including phenoxy) is 3. The SMILES string of the molecule is COc1cc(/C=C2\N=C(c3ccc(Br)o3)OC2=O)c([N+](=O)[O-])cc1OC. The first-order valence-electron chi connectivity index (χ1n) is 7.11. The molecule has 26 heavy (non-hydrogen) atoms. The number of nitro benzene ring substituents is 1. The molecule has 2 aromatic rings. The molecule has 0 spiro atoms. The zero-order valence-electron chi connectivity index (χ0n) is 13.5. The third-order valence-corrected chi connectivity index (χ3v) is 3.85. The summed E-state index contributed by atoms with van der Waals surface area (Å²) in [6.07, 6.45) is 1.24. The molecule has 0 N–H and O–H groups in total. The summed E-state index contributed by atoms with van der Waals surface area (Å²) in [6, 6.07) is 5.78. The van der Waals surface area contributed by atoms with Crippen molar-refractivity contribution < 1.29 is 28.3 Å². The lowest BCUT2D eigenvalue weighted by atomic mass is 10.1. The van der Waals surface area contributed by atoms with E-state index >= 15 is 0 Å². The Kier molecular flexibility index (Phi) is 4.76. The molecule has 134 valence electrons. The van der Waals surface area contributed by atoms with Crippen LogP contribution in [-0.2, 0) is 9.53 Å². The first-order chi connectivity index (χ1) is 12.4. The monoisotopic (exact) mass is 422 g/mol. The normalized spacial score (nSPS) is 15.0. The average molecular weight is 423 g/mol. The van der Waals surface area contributed by atoms with Gasteiger partial charge in [-0.15, -0.1) is 0 Å². The van der Waals surface area contributed by atoms with Crippen LogP contribution in [0.15, 0.2) is 44.0 Å². The number of hydrogen-bond acceptors (Lipinski definition) is 8. The summed E-state index contributed by atoms with van der Waals surface area (Å²) in [5.74, 6) is -0.0717. The van der Waals surface area contributed by atoms with Crippen molar-refractivity contribution in [2.75, 3.05) is 14.2 Å². The Bertz CT molecular complexity index is 962. The molecule has 1 aromatic carbocycles. The molecule has 1 aliphatic heterocycles. The molecule has 0 unspecified atom stereocenters. The summed E-state index contributed by atoms with van der Waals surface area (Å²) in [5.41, 5.74) is -0.264. The summed E-state index contributed by atoms with van der Waals surface area (Å²) in [4.78, 5) is 26.8. The minimum Gasteiger partial charge on any atom is -0.493 e. The van der Waals surface area contributed by atoms with Crippen molar-refractivity contribution in [3.05, 3.63) is 56.1 Å². The number of nitrogens with zero attached hydrogens (tertiary/aromatic N) is 2. The highest BCUT2D eigenvalue weighted by atomic mass is 79.9. The molecule has 0 saturated heterocycles. The fourth-order valence-corrected chi connectivity index (χ4v) is 2.56. The molecule has 0 saturated carbocycles. The van der Waals surface area contributed by atoms with Crippen molar-refractivity contribution in [3.8, 4) is 11.5 Å². The van der Waals surface area contributed by atoms with Gasteiger partial charge in [-0.05, 0) is 40.2 Å². The fraction of sp³-hybridized carbons (Fsp3) is 0.125. The smallest absolute Gasteiger partial charge is 0.363 e. The number of carbonyl (C=O) groups is 1. The van der Waals surface area contributed by atoms with Crippen LogP contribution >= 0.6 is 15.9 Å². The molecule has 0 fully saturated rings. The molecule has 9 nitrogen and oxygen atoms in total. The van der Waals surface area contributed by atoms with E-state index in [0.717, 1.165) is 0 Å². The number of halogens is 1. The van der Waals surface area contributed by atoms with E-state index in [1.807, 2.05) is 0 Å². The van der Waals surface area contributed by atoms with Crippen LogP contribution in [0.3, 0.4) is 0 Å². The van der Waals surface area contributed by atoms with Gasteiger partial charge in [-0.2, -0.15) is 0 Å². The van der Waals surface area contributed by atoms with Gasteiger partial charge in [0.15, 0.2) is 27.6 Å². The van der Waals surface area contributed by atoms with Crippen LogP contribution < -0.4 is 9.47 Å². The van der Waals surface area contributed by atoms with Gasteiger partial charge in [0.25, 0.3) is 11.6 Å². The van der Waals surface area contributed by atoms with E-state index in [4.69, 9.17) is 18.6 Å². The summed E-state index contributed by atoms with van der Waals surface area (Å²) >= 11 is 3.14. The maximum Gasteiger partial charge on any atom is 0.363 e. The predicted octanol–water partition coefficient (Wildman–Crippen LogP) is 3.31. The molecule has 2 heterocycles. The molecule has 0 aliphatic carbocycles. The van der Waals surface area contributed by atoms with Crippen molar-refractivity contribution >= 4 is 39.6 Å². The minimum atomic E-state index is -0.753. The highest BCUT2D eigenvalue weighted by molar-refractivity contribution is 9.10. The topological polar surface area (TPSA) is 113 Å². The first kappa shape index (κ1) is 17.7. The van der Waals surface area contributed by atoms with Crippen LogP contribution in [0.25, 0.3) is 6.08 Å². The Morgan fingerprint density at radius 1 is 1.23 bits per heavy atom. The third-order valence-electron chi connectivity index (χ3n) is 3.43. The van der Waals surface area contributed by atoms with Crippen molar-refractivity contribution in [2.24, 2.45) is 4.99 Å². The van der Waals surface area contributed by atoms with Gasteiger partial charge in [0.1, 0.15) is 0 Å².